The number of thioether (sulfide) groups is 1. The van der Waals surface area contributed by atoms with Crippen LogP contribution in [0.1, 0.15) is 50.8 Å². The first-order valence-electron chi connectivity index (χ1n) is 7.51. The van der Waals surface area contributed by atoms with Crippen molar-refractivity contribution in [1.29, 1.82) is 0 Å². The van der Waals surface area contributed by atoms with Gasteiger partial charge >= 0.3 is 0 Å². The lowest BCUT2D eigenvalue weighted by Gasteiger charge is -2.32. The van der Waals surface area contributed by atoms with Crippen LogP contribution in [0, 0.1) is 0 Å². The smallest absolute Gasteiger partial charge is 0.0482 e. The van der Waals surface area contributed by atoms with Crippen LogP contribution in [0.25, 0.3) is 0 Å². The zero-order chi connectivity index (χ0) is 13.7. The molecule has 1 aliphatic carbocycles. The summed E-state index contributed by atoms with van der Waals surface area (Å²) in [6.07, 6.45) is 5.74. The van der Waals surface area contributed by atoms with Crippen LogP contribution in [0.4, 0.5) is 0 Å². The molecule has 0 radical (unpaired) electrons. The number of nitrogens with one attached hydrogen (secondary N) is 1. The monoisotopic (exact) mass is 278 g/mol. The number of aromatic nitrogens is 1. The molecule has 2 nitrogen and oxygen atoms in total. The Morgan fingerprint density at radius 2 is 2.32 bits per heavy atom. The molecule has 1 N–H and O–H groups in total. The lowest BCUT2D eigenvalue weighted by atomic mass is 9.82. The van der Waals surface area contributed by atoms with Gasteiger partial charge in [0.05, 0.1) is 0 Å². The maximum atomic E-state index is 4.68. The zero-order valence-corrected chi connectivity index (χ0v) is 13.2. The van der Waals surface area contributed by atoms with E-state index in [0.29, 0.717) is 17.2 Å². The molecule has 0 aromatic carbocycles. The average molecular weight is 278 g/mol. The summed E-state index contributed by atoms with van der Waals surface area (Å²) in [4.78, 5) is 4.68. The second-order valence-corrected chi connectivity index (χ2v) is 7.20. The van der Waals surface area contributed by atoms with Crippen molar-refractivity contribution in [2.75, 3.05) is 12.3 Å². The summed E-state index contributed by atoms with van der Waals surface area (Å²) in [5, 5.41) is 4.39. The van der Waals surface area contributed by atoms with Crippen molar-refractivity contribution in [3.63, 3.8) is 0 Å². The summed E-state index contributed by atoms with van der Waals surface area (Å²) in [6.45, 7) is 7.80. The van der Waals surface area contributed by atoms with Crippen LogP contribution >= 0.6 is 11.8 Å². The maximum absolute atomic E-state index is 4.68. The topological polar surface area (TPSA) is 24.9 Å². The van der Waals surface area contributed by atoms with E-state index in [0.717, 1.165) is 6.54 Å². The van der Waals surface area contributed by atoms with E-state index in [-0.39, 0.29) is 0 Å². The van der Waals surface area contributed by atoms with Crippen molar-refractivity contribution in [3.05, 3.63) is 29.6 Å². The molecular formula is C16H26N2S. The Hall–Kier alpha value is -0.540. The van der Waals surface area contributed by atoms with E-state index < -0.39 is 0 Å². The lowest BCUT2D eigenvalue weighted by Crippen LogP contribution is -2.39. The van der Waals surface area contributed by atoms with E-state index in [1.165, 1.54) is 36.3 Å². The van der Waals surface area contributed by atoms with E-state index in [9.17, 15) is 0 Å². The number of fused-ring (bicyclic) bond motifs is 1. The van der Waals surface area contributed by atoms with Crippen molar-refractivity contribution in [3.8, 4) is 0 Å². The fourth-order valence-electron chi connectivity index (χ4n) is 2.91. The number of nitrogens with zero attached hydrogens (tertiary/aromatic N) is 1. The molecule has 0 aliphatic heterocycles. The molecule has 1 aliphatic rings. The minimum absolute atomic E-state index is 0.561. The molecule has 2 rings (SSSR count). The molecule has 0 fully saturated rings. The lowest BCUT2D eigenvalue weighted by molar-refractivity contribution is 0.417. The fourth-order valence-corrected chi connectivity index (χ4v) is 3.86. The number of pyridine rings is 1. The number of likely N-dealkylation sites (N-methyl/N-ethyl adjacent to an activating group) is 1. The summed E-state index contributed by atoms with van der Waals surface area (Å²) < 4.78 is 0. The van der Waals surface area contributed by atoms with Crippen LogP contribution in [0.2, 0.25) is 0 Å². The molecule has 0 bridgehead atoms. The molecule has 3 heteroatoms. The summed E-state index contributed by atoms with van der Waals surface area (Å²) in [5.74, 6) is 1.78. The largest absolute Gasteiger partial charge is 0.313 e. The van der Waals surface area contributed by atoms with E-state index in [1.54, 1.807) is 0 Å². The van der Waals surface area contributed by atoms with E-state index >= 15 is 0 Å². The summed E-state index contributed by atoms with van der Waals surface area (Å²) in [7, 11) is 0. The quantitative estimate of drug-likeness (QED) is 0.860. The standard InChI is InChI=1S/C16H26N2S/c1-4-17-15(11-19-12(2)3)14-9-5-7-13-8-6-10-18-16(13)14/h6,8,10,12,14-15,17H,4-5,7,9,11H2,1-3H3. The summed E-state index contributed by atoms with van der Waals surface area (Å²) >= 11 is 2.06. The summed E-state index contributed by atoms with van der Waals surface area (Å²) in [5.41, 5.74) is 2.82. The number of aryl methyl sites for hydroxylation is 1. The third-order valence-electron chi connectivity index (χ3n) is 3.80. The first-order chi connectivity index (χ1) is 9.22. The second kappa shape index (κ2) is 7.30. The van der Waals surface area contributed by atoms with Crippen LogP contribution in [0.3, 0.4) is 0 Å². The molecule has 0 spiro atoms. The highest BCUT2D eigenvalue weighted by Gasteiger charge is 2.28. The van der Waals surface area contributed by atoms with Crippen LogP contribution < -0.4 is 5.32 Å². The highest BCUT2D eigenvalue weighted by molar-refractivity contribution is 7.99. The van der Waals surface area contributed by atoms with Gasteiger partial charge in [0.15, 0.2) is 0 Å². The van der Waals surface area contributed by atoms with Crippen LogP contribution in [0.5, 0.6) is 0 Å². The van der Waals surface area contributed by atoms with E-state index in [2.05, 4.69) is 55.0 Å². The van der Waals surface area contributed by atoms with Crippen LogP contribution in [0.15, 0.2) is 18.3 Å². The molecule has 1 aromatic rings. The van der Waals surface area contributed by atoms with Crippen molar-refractivity contribution in [2.24, 2.45) is 0 Å². The van der Waals surface area contributed by atoms with Crippen LogP contribution in [-0.2, 0) is 6.42 Å². The van der Waals surface area contributed by atoms with E-state index in [1.807, 2.05) is 6.20 Å². The Kier molecular flexibility index (Phi) is 5.71. The van der Waals surface area contributed by atoms with Crippen molar-refractivity contribution >= 4 is 11.8 Å². The minimum Gasteiger partial charge on any atom is -0.313 e. The van der Waals surface area contributed by atoms with Gasteiger partial charge in [0.1, 0.15) is 0 Å². The second-order valence-electron chi connectivity index (χ2n) is 5.59. The van der Waals surface area contributed by atoms with Gasteiger partial charge in [-0.05, 0) is 42.7 Å². The highest BCUT2D eigenvalue weighted by Crippen LogP contribution is 2.33. The van der Waals surface area contributed by atoms with Gasteiger partial charge in [0.2, 0.25) is 0 Å². The van der Waals surface area contributed by atoms with Gasteiger partial charge < -0.3 is 5.32 Å². The molecule has 1 aromatic heterocycles. The highest BCUT2D eigenvalue weighted by atomic mass is 32.2. The fraction of sp³-hybridized carbons (Fsp3) is 0.688. The molecule has 2 unspecified atom stereocenters. The molecule has 0 saturated carbocycles. The SMILES string of the molecule is CCNC(CSC(C)C)C1CCCc2cccnc21. The summed E-state index contributed by atoms with van der Waals surface area (Å²) in [6, 6.07) is 4.89. The number of rotatable bonds is 6. The van der Waals surface area contributed by atoms with Gasteiger partial charge in [-0.2, -0.15) is 11.8 Å². The van der Waals surface area contributed by atoms with Gasteiger partial charge in [-0.25, -0.2) is 0 Å². The Morgan fingerprint density at radius 1 is 1.47 bits per heavy atom. The third-order valence-corrected chi connectivity index (χ3v) is 5.02. The molecule has 2 atom stereocenters. The van der Waals surface area contributed by atoms with Crippen molar-refractivity contribution < 1.29 is 0 Å². The van der Waals surface area contributed by atoms with Gasteiger partial charge in [-0.1, -0.05) is 26.8 Å². The van der Waals surface area contributed by atoms with Gasteiger partial charge in [-0.15, -0.1) is 0 Å². The molecule has 0 amide bonds. The average Bonchev–Trinajstić information content (AvgIpc) is 2.43. The number of hydrogen-bond acceptors (Lipinski definition) is 3. The molecular weight excluding hydrogens is 252 g/mol. The zero-order valence-electron chi connectivity index (χ0n) is 12.4. The van der Waals surface area contributed by atoms with Crippen molar-refractivity contribution in [1.82, 2.24) is 10.3 Å². The first-order valence-corrected chi connectivity index (χ1v) is 8.56. The molecule has 0 saturated heterocycles. The van der Waals surface area contributed by atoms with Crippen molar-refractivity contribution in [2.45, 2.75) is 57.2 Å². The van der Waals surface area contributed by atoms with Gasteiger partial charge in [-0.3, -0.25) is 4.98 Å². The Labute approximate surface area is 121 Å². The minimum atomic E-state index is 0.561. The Balaban J connectivity index is 2.13. The molecule has 106 valence electrons. The Bertz CT molecular complexity index is 392. The van der Waals surface area contributed by atoms with Gasteiger partial charge in [0.25, 0.3) is 0 Å². The van der Waals surface area contributed by atoms with Crippen LogP contribution in [-0.4, -0.2) is 28.6 Å². The first kappa shape index (κ1) is 14.9. The number of hydrogen-bond donors (Lipinski definition) is 1. The Morgan fingerprint density at radius 3 is 3.05 bits per heavy atom. The maximum Gasteiger partial charge on any atom is 0.0482 e. The predicted molar refractivity (Wildman–Crippen MR) is 85.0 cm³/mol. The van der Waals surface area contributed by atoms with E-state index in [4.69, 9.17) is 0 Å². The van der Waals surface area contributed by atoms with Gasteiger partial charge in [0, 0.05) is 29.6 Å². The third kappa shape index (κ3) is 3.96. The molecule has 19 heavy (non-hydrogen) atoms. The molecule has 1 heterocycles. The normalized spacial score (nSPS) is 20.3. The predicted octanol–water partition coefficient (Wildman–Crippen LogP) is 3.62.